The summed E-state index contributed by atoms with van der Waals surface area (Å²) < 4.78 is 50.5. The third kappa shape index (κ3) is 9.27. The summed E-state index contributed by atoms with van der Waals surface area (Å²) in [6.07, 6.45) is 3.25. The Bertz CT molecular complexity index is 1390. The molecule has 0 radical (unpaired) electrons. The first-order valence-corrected chi connectivity index (χ1v) is 18.1. The molecule has 0 spiro atoms. The van der Waals surface area contributed by atoms with Crippen molar-refractivity contribution < 1.29 is 31.6 Å². The smallest absolute Gasteiger partial charge is 0.308 e. The maximum absolute atomic E-state index is 13.7. The number of ketones is 1. The zero-order valence-corrected chi connectivity index (χ0v) is 27.4. The predicted octanol–water partition coefficient (Wildman–Crippen LogP) is 5.73. The minimum Gasteiger partial charge on any atom is -0.469 e. The molecular formula is C29H42FN3O6SSi. The SMILES string of the molecule is COC(=O)CC(CC(=O)/C=C/c1c(-c2ccc(F)cc2)nc(N(C)S(C)(=O)=O)nc1C(C)C)O[Si](C)(C)C(C)(C)C. The van der Waals surface area contributed by atoms with Crippen LogP contribution < -0.4 is 4.31 Å². The molecule has 0 saturated heterocycles. The molecule has 1 aromatic heterocycles. The van der Waals surface area contributed by atoms with Crippen molar-refractivity contribution >= 4 is 42.1 Å². The van der Waals surface area contributed by atoms with Gasteiger partial charge in [0.2, 0.25) is 16.0 Å². The van der Waals surface area contributed by atoms with Gasteiger partial charge in [0.05, 0.1) is 37.3 Å². The van der Waals surface area contributed by atoms with Crippen LogP contribution in [-0.2, 0) is 28.8 Å². The van der Waals surface area contributed by atoms with E-state index in [0.29, 0.717) is 22.5 Å². The van der Waals surface area contributed by atoms with Gasteiger partial charge in [-0.1, -0.05) is 34.6 Å². The van der Waals surface area contributed by atoms with Crippen LogP contribution in [0.4, 0.5) is 10.3 Å². The van der Waals surface area contributed by atoms with E-state index in [4.69, 9.17) is 9.16 Å². The van der Waals surface area contributed by atoms with Crippen molar-refractivity contribution in [1.82, 2.24) is 9.97 Å². The lowest BCUT2D eigenvalue weighted by Gasteiger charge is -2.39. The van der Waals surface area contributed by atoms with Crippen LogP contribution in [0.15, 0.2) is 30.3 Å². The van der Waals surface area contributed by atoms with Gasteiger partial charge in [-0.3, -0.25) is 9.59 Å². The average Bonchev–Trinajstić information content (AvgIpc) is 2.85. The van der Waals surface area contributed by atoms with Crippen molar-refractivity contribution in [3.8, 4) is 11.3 Å². The fourth-order valence-electron chi connectivity index (χ4n) is 3.68. The minimum absolute atomic E-state index is 0.0417. The van der Waals surface area contributed by atoms with Gasteiger partial charge in [-0.25, -0.2) is 27.1 Å². The number of carbonyl (C=O) groups excluding carboxylic acids is 2. The van der Waals surface area contributed by atoms with E-state index in [1.165, 1.54) is 44.5 Å². The third-order valence-corrected chi connectivity index (χ3v) is 12.9. The van der Waals surface area contributed by atoms with E-state index in [0.717, 1.165) is 10.6 Å². The van der Waals surface area contributed by atoms with Crippen molar-refractivity contribution in [3.05, 3.63) is 47.4 Å². The number of esters is 1. The zero-order chi connectivity index (χ0) is 31.3. The van der Waals surface area contributed by atoms with E-state index in [-0.39, 0.29) is 35.5 Å². The van der Waals surface area contributed by atoms with Crippen LogP contribution in [0.25, 0.3) is 17.3 Å². The number of hydrogen-bond acceptors (Lipinski definition) is 8. The fourth-order valence-corrected chi connectivity index (χ4v) is 5.41. The van der Waals surface area contributed by atoms with Crippen molar-refractivity contribution in [3.63, 3.8) is 0 Å². The van der Waals surface area contributed by atoms with Crippen molar-refractivity contribution in [2.45, 2.75) is 77.6 Å². The monoisotopic (exact) mass is 607 g/mol. The van der Waals surface area contributed by atoms with Crippen molar-refractivity contribution in [2.75, 3.05) is 24.7 Å². The number of allylic oxidation sites excluding steroid dienone is 1. The topological polar surface area (TPSA) is 116 Å². The highest BCUT2D eigenvalue weighted by Gasteiger charge is 2.40. The van der Waals surface area contributed by atoms with E-state index in [1.54, 1.807) is 6.08 Å². The molecule has 1 atom stereocenters. The van der Waals surface area contributed by atoms with Gasteiger partial charge in [0, 0.05) is 24.6 Å². The van der Waals surface area contributed by atoms with E-state index in [1.807, 2.05) is 26.9 Å². The number of methoxy groups -OCH3 is 1. The van der Waals surface area contributed by atoms with Crippen LogP contribution in [0.3, 0.4) is 0 Å². The molecule has 41 heavy (non-hydrogen) atoms. The van der Waals surface area contributed by atoms with E-state index in [9.17, 15) is 22.4 Å². The summed E-state index contributed by atoms with van der Waals surface area (Å²) in [7, 11) is -3.32. The Morgan fingerprint density at radius 3 is 2.17 bits per heavy atom. The van der Waals surface area contributed by atoms with E-state index >= 15 is 0 Å². The van der Waals surface area contributed by atoms with Gasteiger partial charge >= 0.3 is 5.97 Å². The Morgan fingerprint density at radius 1 is 1.10 bits per heavy atom. The molecule has 0 aliphatic rings. The standard InChI is InChI=1S/C29H42FN3O6SSi/c1-19(2)26-24(16-15-22(34)17-23(18-25(35)38-7)39-41(9,10)29(3,4)5)27(20-11-13-21(30)14-12-20)32-28(31-26)33(6)40(8,36)37/h11-16,19,23H,17-18H2,1-10H3/b16-15+. The molecule has 0 aliphatic heterocycles. The molecule has 12 heteroatoms. The number of halogens is 1. The number of sulfonamides is 1. The Morgan fingerprint density at radius 2 is 1.68 bits per heavy atom. The molecule has 0 saturated carbocycles. The molecule has 0 amide bonds. The molecule has 2 aromatic rings. The fraction of sp³-hybridized carbons (Fsp3) is 0.517. The first kappa shape index (κ1) is 34.2. The van der Waals surface area contributed by atoms with E-state index in [2.05, 4.69) is 30.7 Å². The van der Waals surface area contributed by atoms with Crippen molar-refractivity contribution in [1.29, 1.82) is 0 Å². The molecule has 0 bridgehead atoms. The van der Waals surface area contributed by atoms with Gasteiger partial charge in [-0.15, -0.1) is 0 Å². The minimum atomic E-state index is -3.67. The maximum Gasteiger partial charge on any atom is 0.308 e. The number of carbonyl (C=O) groups is 2. The van der Waals surface area contributed by atoms with Gasteiger partial charge in [0.15, 0.2) is 14.1 Å². The maximum atomic E-state index is 13.7. The van der Waals surface area contributed by atoms with Gasteiger partial charge < -0.3 is 9.16 Å². The highest BCUT2D eigenvalue weighted by molar-refractivity contribution is 7.92. The predicted molar refractivity (Wildman–Crippen MR) is 162 cm³/mol. The van der Waals surface area contributed by atoms with E-state index < -0.39 is 36.2 Å². The normalized spacial score (nSPS) is 13.5. The molecule has 1 heterocycles. The highest BCUT2D eigenvalue weighted by Crippen LogP contribution is 2.38. The Balaban J connectivity index is 2.58. The number of hydrogen-bond donors (Lipinski definition) is 0. The molecule has 1 aromatic carbocycles. The summed E-state index contributed by atoms with van der Waals surface area (Å²) in [5.74, 6) is -1.40. The largest absolute Gasteiger partial charge is 0.469 e. The molecule has 9 nitrogen and oxygen atoms in total. The summed E-state index contributed by atoms with van der Waals surface area (Å²) >= 11 is 0. The molecule has 0 aliphatic carbocycles. The molecule has 0 N–H and O–H groups in total. The van der Waals surface area contributed by atoms with Crippen LogP contribution in [0.2, 0.25) is 18.1 Å². The Labute approximate surface area is 244 Å². The lowest BCUT2D eigenvalue weighted by Crippen LogP contribution is -2.44. The average molecular weight is 608 g/mol. The molecule has 1 unspecified atom stereocenters. The van der Waals surface area contributed by atoms with Crippen LogP contribution in [-0.4, -0.2) is 65.0 Å². The molecule has 0 fully saturated rings. The summed E-state index contributed by atoms with van der Waals surface area (Å²) in [5.41, 5.74) is 1.88. The number of nitrogens with zero attached hydrogens (tertiary/aromatic N) is 3. The second kappa shape index (κ2) is 13.3. The van der Waals surface area contributed by atoms with Crippen LogP contribution >= 0.6 is 0 Å². The summed E-state index contributed by atoms with van der Waals surface area (Å²) in [4.78, 5) is 34.4. The second-order valence-electron chi connectivity index (χ2n) is 11.8. The number of aromatic nitrogens is 2. The summed E-state index contributed by atoms with van der Waals surface area (Å²) in [5, 5.41) is -0.130. The summed E-state index contributed by atoms with van der Waals surface area (Å²) in [6.45, 7) is 14.1. The second-order valence-corrected chi connectivity index (χ2v) is 18.6. The quantitative estimate of drug-likeness (QED) is 0.171. The lowest BCUT2D eigenvalue weighted by molar-refractivity contribution is -0.142. The molecular weight excluding hydrogens is 565 g/mol. The Hall–Kier alpha value is -2.96. The van der Waals surface area contributed by atoms with Crippen molar-refractivity contribution in [2.24, 2.45) is 0 Å². The van der Waals surface area contributed by atoms with Gasteiger partial charge in [-0.05, 0) is 60.5 Å². The van der Waals surface area contributed by atoms with Crippen LogP contribution in [0.5, 0.6) is 0 Å². The van der Waals surface area contributed by atoms with Gasteiger partial charge in [-0.2, -0.15) is 0 Å². The lowest BCUT2D eigenvalue weighted by atomic mass is 9.97. The van der Waals surface area contributed by atoms with Crippen LogP contribution in [0.1, 0.15) is 64.6 Å². The Kier molecular flexibility index (Phi) is 11.1. The molecule has 2 rings (SSSR count). The number of benzene rings is 1. The molecule has 226 valence electrons. The third-order valence-electron chi connectivity index (χ3n) is 7.16. The van der Waals surface area contributed by atoms with Gasteiger partial charge in [0.25, 0.3) is 0 Å². The highest BCUT2D eigenvalue weighted by atomic mass is 32.2. The van der Waals surface area contributed by atoms with Crippen LogP contribution in [0, 0.1) is 5.82 Å². The first-order chi connectivity index (χ1) is 18.8. The first-order valence-electron chi connectivity index (χ1n) is 13.3. The number of anilines is 1. The summed E-state index contributed by atoms with van der Waals surface area (Å²) in [6, 6.07) is 5.62. The number of ether oxygens (including phenoxy) is 1. The number of rotatable bonds is 12. The zero-order valence-electron chi connectivity index (χ0n) is 25.6. The van der Waals surface area contributed by atoms with Gasteiger partial charge in [0.1, 0.15) is 5.82 Å².